The van der Waals surface area contributed by atoms with Crippen LogP contribution in [0.2, 0.25) is 0 Å². The van der Waals surface area contributed by atoms with E-state index in [0.717, 1.165) is 33.9 Å². The molecular formula is C66H44N2. The molecule has 68 heavy (non-hydrogen) atoms. The van der Waals surface area contributed by atoms with Crippen molar-refractivity contribution >= 4 is 71.2 Å². The van der Waals surface area contributed by atoms with Crippen LogP contribution in [0.1, 0.15) is 0 Å². The van der Waals surface area contributed by atoms with Crippen molar-refractivity contribution in [2.75, 3.05) is 4.90 Å². The fraction of sp³-hybridized carbons (Fsp3) is 0. The third kappa shape index (κ3) is 6.65. The van der Waals surface area contributed by atoms with Gasteiger partial charge in [0.05, 0.1) is 22.4 Å². The molecule has 1 heterocycles. The van der Waals surface area contributed by atoms with Gasteiger partial charge in [0.2, 0.25) is 0 Å². The molecule has 13 aromatic rings. The van der Waals surface area contributed by atoms with Gasteiger partial charge in [-0.15, -0.1) is 0 Å². The van der Waals surface area contributed by atoms with Gasteiger partial charge < -0.3 is 9.47 Å². The molecule has 0 unspecified atom stereocenters. The lowest BCUT2D eigenvalue weighted by Crippen LogP contribution is -2.12. The number of hydrogen-bond acceptors (Lipinski definition) is 1. The van der Waals surface area contributed by atoms with E-state index in [-0.39, 0.29) is 0 Å². The number of aromatic nitrogens is 1. The number of anilines is 3. The lowest BCUT2D eigenvalue weighted by atomic mass is 9.94. The zero-order valence-electron chi connectivity index (χ0n) is 37.3. The number of hydrogen-bond donors (Lipinski definition) is 0. The monoisotopic (exact) mass is 864 g/mol. The highest BCUT2D eigenvalue weighted by molar-refractivity contribution is 6.17. The van der Waals surface area contributed by atoms with E-state index >= 15 is 0 Å². The van der Waals surface area contributed by atoms with Gasteiger partial charge in [-0.3, -0.25) is 0 Å². The molecule has 0 aliphatic carbocycles. The molecule has 0 bridgehead atoms. The lowest BCUT2D eigenvalue weighted by molar-refractivity contribution is 1.18. The first-order valence-electron chi connectivity index (χ1n) is 23.4. The Kier molecular flexibility index (Phi) is 9.54. The Bertz CT molecular complexity index is 4010. The smallest absolute Gasteiger partial charge is 0.0547 e. The van der Waals surface area contributed by atoms with Crippen LogP contribution in [-0.4, -0.2) is 4.57 Å². The van der Waals surface area contributed by atoms with Crippen molar-refractivity contribution in [3.63, 3.8) is 0 Å². The van der Waals surface area contributed by atoms with Crippen molar-refractivity contribution in [1.29, 1.82) is 0 Å². The summed E-state index contributed by atoms with van der Waals surface area (Å²) in [6.45, 7) is 0. The maximum absolute atomic E-state index is 2.47. The first kappa shape index (κ1) is 39.4. The molecule has 1 aromatic heterocycles. The Balaban J connectivity index is 0.953. The molecule has 0 saturated heterocycles. The number of para-hydroxylation sites is 3. The van der Waals surface area contributed by atoms with Crippen LogP contribution in [-0.2, 0) is 0 Å². The van der Waals surface area contributed by atoms with E-state index in [2.05, 4.69) is 276 Å². The predicted octanol–water partition coefficient (Wildman–Crippen LogP) is 18.4. The normalized spacial score (nSPS) is 11.5. The minimum absolute atomic E-state index is 1.09. The number of nitrogens with zero attached hydrogens (tertiary/aromatic N) is 2. The molecule has 0 N–H and O–H groups in total. The molecule has 318 valence electrons. The standard InChI is InChI=1S/C66H44N2/c1-2-22-52(23-3-1)67-63-33-13-11-29-61(63)66-58(31-16-34-64(66)67)50-21-14-20-49(43-50)57-26-10-12-32-62(57)68(65-44-51-18-5-7-25-56(51)59-27-8-9-28-60(59)65)53-41-39-46(40-42-53)45-35-37-48(38-36-45)55-30-15-19-47-17-4-6-24-54(47)55/h1-44H. The van der Waals surface area contributed by atoms with Gasteiger partial charge in [-0.2, -0.15) is 0 Å². The van der Waals surface area contributed by atoms with Crippen LogP contribution in [0.25, 0.3) is 104 Å². The van der Waals surface area contributed by atoms with Crippen LogP contribution in [0.3, 0.4) is 0 Å². The zero-order chi connectivity index (χ0) is 45.0. The van der Waals surface area contributed by atoms with Crippen LogP contribution >= 0.6 is 0 Å². The predicted molar refractivity (Wildman–Crippen MR) is 290 cm³/mol. The van der Waals surface area contributed by atoms with Gasteiger partial charge in [0, 0.05) is 33.1 Å². The van der Waals surface area contributed by atoms with Crippen molar-refractivity contribution in [3.8, 4) is 50.2 Å². The highest BCUT2D eigenvalue weighted by Crippen LogP contribution is 2.47. The molecule has 0 radical (unpaired) electrons. The molecule has 0 saturated carbocycles. The summed E-state index contributed by atoms with van der Waals surface area (Å²) in [5.74, 6) is 0. The molecule has 0 aliphatic rings. The second kappa shape index (κ2) is 16.5. The first-order chi connectivity index (χ1) is 33.7. The molecule has 2 heteroatoms. The molecule has 0 amide bonds. The van der Waals surface area contributed by atoms with Gasteiger partial charge in [-0.1, -0.05) is 212 Å². The molecule has 0 spiro atoms. The average Bonchev–Trinajstić information content (AvgIpc) is 3.76. The largest absolute Gasteiger partial charge is 0.309 e. The minimum Gasteiger partial charge on any atom is -0.309 e. The van der Waals surface area contributed by atoms with E-state index in [1.54, 1.807) is 0 Å². The van der Waals surface area contributed by atoms with Crippen LogP contribution in [0, 0.1) is 0 Å². The van der Waals surface area contributed by atoms with Crippen LogP contribution in [0.4, 0.5) is 17.1 Å². The molecule has 0 atom stereocenters. The van der Waals surface area contributed by atoms with Gasteiger partial charge in [-0.05, 0) is 120 Å². The SMILES string of the molecule is c1ccc(-n2c3ccccc3c3c(-c4cccc(-c5ccccc5N(c5ccc(-c6ccc(-c7cccc8ccccc78)cc6)cc5)c5cc6ccccc6c6ccccc56)c4)cccc32)cc1. The van der Waals surface area contributed by atoms with Gasteiger partial charge in [0.15, 0.2) is 0 Å². The van der Waals surface area contributed by atoms with Gasteiger partial charge >= 0.3 is 0 Å². The Morgan fingerprint density at radius 2 is 0.794 bits per heavy atom. The van der Waals surface area contributed by atoms with E-state index < -0.39 is 0 Å². The van der Waals surface area contributed by atoms with Crippen molar-refractivity contribution in [2.24, 2.45) is 0 Å². The molecule has 13 rings (SSSR count). The van der Waals surface area contributed by atoms with Crippen molar-refractivity contribution in [2.45, 2.75) is 0 Å². The van der Waals surface area contributed by atoms with E-state index in [1.165, 1.54) is 87.5 Å². The number of rotatable bonds is 8. The summed E-state index contributed by atoms with van der Waals surface area (Å²) in [6.07, 6.45) is 0. The fourth-order valence-electron chi connectivity index (χ4n) is 10.6. The first-order valence-corrected chi connectivity index (χ1v) is 23.4. The van der Waals surface area contributed by atoms with E-state index in [0.29, 0.717) is 0 Å². The molecule has 2 nitrogen and oxygen atoms in total. The third-order valence-electron chi connectivity index (χ3n) is 13.8. The van der Waals surface area contributed by atoms with Crippen molar-refractivity contribution < 1.29 is 0 Å². The Morgan fingerprint density at radius 1 is 0.265 bits per heavy atom. The second-order valence-corrected chi connectivity index (χ2v) is 17.6. The third-order valence-corrected chi connectivity index (χ3v) is 13.8. The Hall–Kier alpha value is -8.98. The maximum Gasteiger partial charge on any atom is 0.0547 e. The summed E-state index contributed by atoms with van der Waals surface area (Å²) in [5.41, 5.74) is 16.4. The zero-order valence-corrected chi connectivity index (χ0v) is 37.3. The Labute approximate surface area is 395 Å². The van der Waals surface area contributed by atoms with Crippen LogP contribution < -0.4 is 4.90 Å². The molecular weight excluding hydrogens is 821 g/mol. The average molecular weight is 865 g/mol. The summed E-state index contributed by atoms with van der Waals surface area (Å²) in [7, 11) is 0. The van der Waals surface area contributed by atoms with Crippen LogP contribution in [0.5, 0.6) is 0 Å². The second-order valence-electron chi connectivity index (χ2n) is 17.6. The quantitative estimate of drug-likeness (QED) is 0.138. The summed E-state index contributed by atoms with van der Waals surface area (Å²) in [4.78, 5) is 2.47. The molecule has 0 fully saturated rings. The van der Waals surface area contributed by atoms with Gasteiger partial charge in [0.25, 0.3) is 0 Å². The van der Waals surface area contributed by atoms with E-state index in [4.69, 9.17) is 0 Å². The van der Waals surface area contributed by atoms with E-state index in [1.807, 2.05) is 0 Å². The summed E-state index contributed by atoms with van der Waals surface area (Å²) in [5, 5.41) is 9.90. The highest BCUT2D eigenvalue weighted by Gasteiger charge is 2.22. The van der Waals surface area contributed by atoms with Crippen molar-refractivity contribution in [3.05, 3.63) is 267 Å². The molecule has 0 aliphatic heterocycles. The summed E-state index contributed by atoms with van der Waals surface area (Å²) < 4.78 is 2.39. The summed E-state index contributed by atoms with van der Waals surface area (Å²) >= 11 is 0. The molecule has 12 aromatic carbocycles. The number of fused-ring (bicyclic) bond motifs is 7. The summed E-state index contributed by atoms with van der Waals surface area (Å²) in [6, 6.07) is 97.5. The maximum atomic E-state index is 2.47. The topological polar surface area (TPSA) is 8.17 Å². The lowest BCUT2D eigenvalue weighted by Gasteiger charge is -2.30. The van der Waals surface area contributed by atoms with Crippen LogP contribution in [0.15, 0.2) is 267 Å². The van der Waals surface area contributed by atoms with Gasteiger partial charge in [0.1, 0.15) is 0 Å². The highest BCUT2D eigenvalue weighted by atomic mass is 15.1. The Morgan fingerprint density at radius 3 is 1.60 bits per heavy atom. The fourth-order valence-corrected chi connectivity index (χ4v) is 10.6. The van der Waals surface area contributed by atoms with E-state index in [9.17, 15) is 0 Å². The van der Waals surface area contributed by atoms with Crippen molar-refractivity contribution in [1.82, 2.24) is 4.57 Å². The van der Waals surface area contributed by atoms with Gasteiger partial charge in [-0.25, -0.2) is 0 Å². The minimum atomic E-state index is 1.09. The number of benzene rings is 12.